The van der Waals surface area contributed by atoms with Gasteiger partial charge in [-0.2, -0.15) is 0 Å². The van der Waals surface area contributed by atoms with E-state index in [9.17, 15) is 9.59 Å². The van der Waals surface area contributed by atoms with Gasteiger partial charge < -0.3 is 25.6 Å². The molecule has 2 aromatic heterocycles. The molecule has 0 radical (unpaired) electrons. The number of anilines is 3. The Kier molecular flexibility index (Phi) is 7.21. The smallest absolute Gasteiger partial charge is 0.410 e. The monoisotopic (exact) mass is 511 g/mol. The summed E-state index contributed by atoms with van der Waals surface area (Å²) in [5.74, 6) is 0.666. The number of hydrogen-bond donors (Lipinski definition) is 2. The third-order valence-electron chi connectivity index (χ3n) is 6.40. The van der Waals surface area contributed by atoms with Crippen molar-refractivity contribution in [3.05, 3.63) is 96.3 Å². The molecule has 1 atom stereocenters. The van der Waals surface area contributed by atoms with E-state index in [4.69, 9.17) is 10.5 Å². The van der Waals surface area contributed by atoms with Gasteiger partial charge in [-0.15, -0.1) is 5.10 Å². The first kappa shape index (κ1) is 24.8. The number of carbonyl (C=O) groups is 2. The molecule has 2 aromatic carbocycles. The van der Waals surface area contributed by atoms with Gasteiger partial charge in [0.2, 0.25) is 0 Å². The fourth-order valence-electron chi connectivity index (χ4n) is 4.32. The highest BCUT2D eigenvalue weighted by atomic mass is 16.6. The first-order chi connectivity index (χ1) is 18.5. The number of aromatic nitrogens is 3. The fraction of sp³-hybridized carbons (Fsp3) is 0.214. The van der Waals surface area contributed by atoms with E-state index in [1.165, 1.54) is 6.20 Å². The molecule has 2 amide bonds. The number of ether oxygens (including phenoxy) is 1. The topological polar surface area (TPSA) is 119 Å². The van der Waals surface area contributed by atoms with Crippen LogP contribution in [-0.2, 0) is 11.3 Å². The minimum absolute atomic E-state index is 0.0560. The first-order valence-electron chi connectivity index (χ1n) is 12.4. The molecule has 0 unspecified atom stereocenters. The second-order valence-corrected chi connectivity index (χ2v) is 9.10. The van der Waals surface area contributed by atoms with E-state index in [2.05, 4.69) is 20.3 Å². The highest BCUT2D eigenvalue weighted by Gasteiger charge is 2.29. The Morgan fingerprint density at radius 2 is 1.76 bits per heavy atom. The summed E-state index contributed by atoms with van der Waals surface area (Å²) in [6, 6.07) is 22.6. The average Bonchev–Trinajstić information content (AvgIpc) is 3.32. The maximum atomic E-state index is 12.8. The highest BCUT2D eigenvalue weighted by molar-refractivity contribution is 6.04. The molecular weight excluding hydrogens is 482 g/mol. The molecule has 10 heteroatoms. The van der Waals surface area contributed by atoms with Crippen LogP contribution in [0.2, 0.25) is 0 Å². The number of hydrogen-bond acceptors (Lipinski definition) is 7. The van der Waals surface area contributed by atoms with Crippen LogP contribution in [0.1, 0.15) is 22.8 Å². The molecule has 3 N–H and O–H groups in total. The predicted molar refractivity (Wildman–Crippen MR) is 145 cm³/mol. The van der Waals surface area contributed by atoms with Gasteiger partial charge in [-0.25, -0.2) is 14.5 Å². The summed E-state index contributed by atoms with van der Waals surface area (Å²) >= 11 is 0. The van der Waals surface area contributed by atoms with Crippen molar-refractivity contribution in [1.29, 1.82) is 0 Å². The molecule has 10 nitrogen and oxygen atoms in total. The number of nitrogens with zero attached hydrogens (tertiary/aromatic N) is 5. The number of nitrogens with one attached hydrogen (secondary N) is 1. The van der Waals surface area contributed by atoms with Crippen LogP contribution >= 0.6 is 0 Å². The molecule has 1 aliphatic rings. The molecule has 0 spiro atoms. The number of rotatable bonds is 6. The molecule has 5 rings (SSSR count). The number of nitrogen functional groups attached to an aromatic ring is 1. The Bertz CT molecular complexity index is 1390. The first-order valence-corrected chi connectivity index (χ1v) is 12.4. The Morgan fingerprint density at radius 3 is 2.45 bits per heavy atom. The van der Waals surface area contributed by atoms with Crippen molar-refractivity contribution in [3.63, 3.8) is 0 Å². The second kappa shape index (κ2) is 11.0. The van der Waals surface area contributed by atoms with Crippen molar-refractivity contribution >= 4 is 29.3 Å². The van der Waals surface area contributed by atoms with Gasteiger partial charge in [0, 0.05) is 31.9 Å². The van der Waals surface area contributed by atoms with Gasteiger partial charge in [0.25, 0.3) is 5.91 Å². The number of piperazine rings is 1. The number of para-hydroxylation sites is 1. The fourth-order valence-corrected chi connectivity index (χ4v) is 4.32. The third-order valence-corrected chi connectivity index (χ3v) is 6.40. The van der Waals surface area contributed by atoms with Crippen LogP contribution in [-0.4, -0.2) is 57.3 Å². The molecule has 38 heavy (non-hydrogen) atoms. The molecule has 1 fully saturated rings. The highest BCUT2D eigenvalue weighted by Crippen LogP contribution is 2.21. The maximum absolute atomic E-state index is 12.8. The quantitative estimate of drug-likeness (QED) is 0.402. The molecular formula is C28H29N7O3. The van der Waals surface area contributed by atoms with Crippen molar-refractivity contribution in [3.8, 4) is 5.69 Å². The molecule has 3 heterocycles. The lowest BCUT2D eigenvalue weighted by atomic mass is 10.2. The van der Waals surface area contributed by atoms with Gasteiger partial charge in [0.1, 0.15) is 12.4 Å². The van der Waals surface area contributed by atoms with Crippen LogP contribution in [0.3, 0.4) is 0 Å². The molecule has 0 bridgehead atoms. The normalized spacial score (nSPS) is 15.2. The van der Waals surface area contributed by atoms with Crippen LogP contribution in [0.5, 0.6) is 0 Å². The summed E-state index contributed by atoms with van der Waals surface area (Å²) in [6.45, 7) is 3.96. The van der Waals surface area contributed by atoms with Gasteiger partial charge in [-0.05, 0) is 36.8 Å². The van der Waals surface area contributed by atoms with Crippen molar-refractivity contribution in [2.24, 2.45) is 0 Å². The summed E-state index contributed by atoms with van der Waals surface area (Å²) in [5, 5.41) is 7.14. The molecule has 0 saturated carbocycles. The lowest BCUT2D eigenvalue weighted by Crippen LogP contribution is -2.54. The molecule has 4 aromatic rings. The summed E-state index contributed by atoms with van der Waals surface area (Å²) in [6.07, 6.45) is 2.86. The van der Waals surface area contributed by atoms with Crippen LogP contribution in [0, 0.1) is 0 Å². The van der Waals surface area contributed by atoms with Crippen LogP contribution < -0.4 is 16.0 Å². The Hall–Kier alpha value is -4.86. The van der Waals surface area contributed by atoms with E-state index in [-0.39, 0.29) is 30.5 Å². The molecule has 0 aliphatic carbocycles. The van der Waals surface area contributed by atoms with Crippen LogP contribution in [0.4, 0.5) is 22.1 Å². The summed E-state index contributed by atoms with van der Waals surface area (Å²) in [7, 11) is 0. The van der Waals surface area contributed by atoms with E-state index in [1.807, 2.05) is 67.6 Å². The largest absolute Gasteiger partial charge is 0.445 e. The minimum atomic E-state index is -0.353. The average molecular weight is 512 g/mol. The maximum Gasteiger partial charge on any atom is 0.410 e. The third kappa shape index (κ3) is 5.59. The van der Waals surface area contributed by atoms with Crippen LogP contribution in [0.25, 0.3) is 5.69 Å². The minimum Gasteiger partial charge on any atom is -0.445 e. The van der Waals surface area contributed by atoms with Crippen molar-refractivity contribution < 1.29 is 14.3 Å². The van der Waals surface area contributed by atoms with E-state index in [1.54, 1.807) is 27.9 Å². The Morgan fingerprint density at radius 1 is 1.03 bits per heavy atom. The van der Waals surface area contributed by atoms with Crippen molar-refractivity contribution in [2.75, 3.05) is 35.6 Å². The number of nitrogens with two attached hydrogens (primary N) is 1. The number of benzene rings is 2. The zero-order valence-electron chi connectivity index (χ0n) is 21.0. The second-order valence-electron chi connectivity index (χ2n) is 9.10. The Balaban J connectivity index is 1.16. The van der Waals surface area contributed by atoms with Crippen molar-refractivity contribution in [2.45, 2.75) is 19.6 Å². The SMILES string of the molecule is C[C@H]1CN(c2ccc(C(=O)Nc3nn(-c4ccccc4)cc3N)cn2)CCN1C(=O)OCc1ccccc1. The summed E-state index contributed by atoms with van der Waals surface area (Å²) in [4.78, 5) is 33.7. The van der Waals surface area contributed by atoms with E-state index in [0.29, 0.717) is 30.9 Å². The number of amides is 2. The zero-order chi connectivity index (χ0) is 26.5. The van der Waals surface area contributed by atoms with Crippen molar-refractivity contribution in [1.82, 2.24) is 19.7 Å². The Labute approximate surface area is 220 Å². The molecule has 1 aliphatic heterocycles. The number of carbonyl (C=O) groups excluding carboxylic acids is 2. The molecule has 1 saturated heterocycles. The zero-order valence-corrected chi connectivity index (χ0v) is 21.0. The van der Waals surface area contributed by atoms with E-state index < -0.39 is 0 Å². The lowest BCUT2D eigenvalue weighted by molar-refractivity contribution is 0.0794. The van der Waals surface area contributed by atoms with Gasteiger partial charge in [-0.3, -0.25) is 4.79 Å². The van der Waals surface area contributed by atoms with Crippen LogP contribution in [0.15, 0.2) is 85.2 Å². The van der Waals surface area contributed by atoms with E-state index >= 15 is 0 Å². The summed E-state index contributed by atoms with van der Waals surface area (Å²) in [5.41, 5.74) is 8.60. The standard InChI is InChI=1S/C28H29N7O3/c1-20-17-33(14-15-34(20)28(37)38-19-21-8-4-2-5-9-21)25-13-12-22(16-30-25)27(36)31-26-24(29)18-35(32-26)23-10-6-3-7-11-23/h2-13,16,18,20H,14-15,17,19,29H2,1H3,(H,31,32,36)/t20-/m0/s1. The number of pyridine rings is 1. The van der Waals surface area contributed by atoms with Gasteiger partial charge in [-0.1, -0.05) is 48.5 Å². The van der Waals surface area contributed by atoms with Gasteiger partial charge in [0.05, 0.1) is 23.1 Å². The molecule has 194 valence electrons. The van der Waals surface area contributed by atoms with Gasteiger partial charge in [0.15, 0.2) is 5.82 Å². The van der Waals surface area contributed by atoms with Gasteiger partial charge >= 0.3 is 6.09 Å². The van der Waals surface area contributed by atoms with E-state index in [0.717, 1.165) is 17.1 Å². The lowest BCUT2D eigenvalue weighted by Gasteiger charge is -2.39. The predicted octanol–water partition coefficient (Wildman–Crippen LogP) is 3.95. The summed E-state index contributed by atoms with van der Waals surface area (Å²) < 4.78 is 7.11.